The molecule has 0 fully saturated rings. The molecular weight excluding hydrogens is 580 g/mol. The fourth-order valence-electron chi connectivity index (χ4n) is 2.64. The number of alkyl carbamates (subject to hydrolysis) is 1. The quantitative estimate of drug-likeness (QED) is 0.301. The van der Waals surface area contributed by atoms with Gasteiger partial charge in [0, 0.05) is 25.0 Å². The zero-order valence-electron chi connectivity index (χ0n) is 16.9. The molecule has 1 heterocycles. The van der Waals surface area contributed by atoms with Crippen LogP contribution in [0, 0.1) is 11.3 Å². The van der Waals surface area contributed by atoms with E-state index in [2.05, 4.69) is 57.7 Å². The molecule has 1 atom stereocenters. The molecular formula is C20H16Br2N6O4S. The maximum Gasteiger partial charge on any atom is 0.414 e. The third kappa shape index (κ3) is 6.11. The first-order valence-corrected chi connectivity index (χ1v) is 11.7. The summed E-state index contributed by atoms with van der Waals surface area (Å²) >= 11 is 8.39. The lowest BCUT2D eigenvalue weighted by Gasteiger charge is -2.22. The molecule has 1 unspecified atom stereocenters. The summed E-state index contributed by atoms with van der Waals surface area (Å²) in [6.45, 7) is 1.67. The molecule has 0 saturated heterocycles. The van der Waals surface area contributed by atoms with E-state index in [1.165, 1.54) is 11.8 Å². The van der Waals surface area contributed by atoms with Crippen molar-refractivity contribution in [2.75, 3.05) is 12.0 Å². The number of hydrogen-bond acceptors (Lipinski definition) is 10. The number of benzene rings is 2. The van der Waals surface area contributed by atoms with Crippen LogP contribution in [-0.2, 0) is 9.53 Å². The average molecular weight is 596 g/mol. The number of ether oxygens (including phenoxy) is 1. The number of rotatable bonds is 5. The predicted molar refractivity (Wildman–Crippen MR) is 131 cm³/mol. The number of hydrogen-bond donors (Lipinski definition) is 4. The Balaban J connectivity index is 1.77. The number of halogens is 2. The van der Waals surface area contributed by atoms with Crippen molar-refractivity contribution in [3.63, 3.8) is 0 Å². The van der Waals surface area contributed by atoms with Gasteiger partial charge in [0.25, 0.3) is 5.91 Å². The lowest BCUT2D eigenvalue weighted by atomic mass is 10.1. The summed E-state index contributed by atoms with van der Waals surface area (Å²) in [7, 11) is 0. The van der Waals surface area contributed by atoms with Crippen molar-refractivity contribution in [2.45, 2.75) is 18.0 Å². The van der Waals surface area contributed by atoms with Crippen LogP contribution >= 0.6 is 43.6 Å². The van der Waals surface area contributed by atoms with E-state index in [1.54, 1.807) is 25.1 Å². The lowest BCUT2D eigenvalue weighted by molar-refractivity contribution is -0.114. The molecule has 170 valence electrons. The number of nitrogens with one attached hydrogen (secondary N) is 3. The first-order chi connectivity index (χ1) is 15.8. The Hall–Kier alpha value is -2.92. The Morgan fingerprint density at radius 1 is 1.33 bits per heavy atom. The van der Waals surface area contributed by atoms with Gasteiger partial charge in [-0.1, -0.05) is 36.0 Å². The van der Waals surface area contributed by atoms with Gasteiger partial charge in [-0.2, -0.15) is 15.5 Å². The highest BCUT2D eigenvalue weighted by molar-refractivity contribution is 9.11. The van der Waals surface area contributed by atoms with Crippen molar-refractivity contribution in [2.24, 2.45) is 10.2 Å². The number of anilines is 1. The van der Waals surface area contributed by atoms with Crippen LogP contribution < -0.4 is 16.2 Å². The highest BCUT2D eigenvalue weighted by Gasteiger charge is 2.23. The summed E-state index contributed by atoms with van der Waals surface area (Å²) in [5.41, 5.74) is 6.76. The van der Waals surface area contributed by atoms with E-state index in [4.69, 9.17) is 5.26 Å². The van der Waals surface area contributed by atoms with Gasteiger partial charge in [0.1, 0.15) is 11.1 Å². The minimum absolute atomic E-state index is 0.0808. The number of aliphatic hydroxyl groups excluding tert-OH is 1. The number of thioether (sulfide) groups is 1. The number of nitriles is 1. The number of amides is 2. The van der Waals surface area contributed by atoms with Gasteiger partial charge in [0.15, 0.2) is 6.23 Å². The molecule has 4 N–H and O–H groups in total. The molecule has 2 aromatic rings. The van der Waals surface area contributed by atoms with Crippen LogP contribution in [0.15, 0.2) is 60.4 Å². The summed E-state index contributed by atoms with van der Waals surface area (Å²) in [6, 6.07) is 12.4. The van der Waals surface area contributed by atoms with Gasteiger partial charge in [-0.05, 0) is 50.9 Å². The minimum Gasteiger partial charge on any atom is -0.450 e. The molecule has 3 rings (SSSR count). The van der Waals surface area contributed by atoms with E-state index in [0.717, 1.165) is 16.0 Å². The molecule has 1 aliphatic rings. The first kappa shape index (κ1) is 24.7. The number of imide groups is 1. The van der Waals surface area contributed by atoms with Crippen LogP contribution in [-0.4, -0.2) is 34.5 Å². The summed E-state index contributed by atoms with van der Waals surface area (Å²) < 4.78 is 5.97. The van der Waals surface area contributed by atoms with E-state index in [0.29, 0.717) is 19.7 Å². The summed E-state index contributed by atoms with van der Waals surface area (Å²) in [5, 5.41) is 29.8. The minimum atomic E-state index is -0.989. The van der Waals surface area contributed by atoms with Crippen LogP contribution in [0.5, 0.6) is 0 Å². The SMILES string of the molecule is CCOC(=O)NC(=O)/C(C#N)=N\Nc1cc(Br)c(SC2=NNC(O)c3ccccc32)c(Br)c1. The van der Waals surface area contributed by atoms with Crippen LogP contribution in [0.3, 0.4) is 0 Å². The Morgan fingerprint density at radius 3 is 2.70 bits per heavy atom. The van der Waals surface area contributed by atoms with Crippen molar-refractivity contribution >= 4 is 72.1 Å². The molecule has 0 spiro atoms. The number of carbonyl (C=O) groups is 2. The highest BCUT2D eigenvalue weighted by Crippen LogP contribution is 2.40. The molecule has 13 heteroatoms. The van der Waals surface area contributed by atoms with Gasteiger partial charge >= 0.3 is 6.09 Å². The Kier molecular flexibility index (Phi) is 8.45. The van der Waals surface area contributed by atoms with Gasteiger partial charge in [0.05, 0.1) is 12.3 Å². The molecule has 0 saturated carbocycles. The lowest BCUT2D eigenvalue weighted by Crippen LogP contribution is -2.36. The van der Waals surface area contributed by atoms with Gasteiger partial charge in [-0.25, -0.2) is 4.79 Å². The smallest absolute Gasteiger partial charge is 0.414 e. The predicted octanol–water partition coefficient (Wildman–Crippen LogP) is 3.82. The molecule has 0 radical (unpaired) electrons. The zero-order chi connectivity index (χ0) is 24.0. The van der Waals surface area contributed by atoms with Crippen LogP contribution in [0.2, 0.25) is 0 Å². The van der Waals surface area contributed by atoms with Gasteiger partial charge in [0.2, 0.25) is 5.71 Å². The molecule has 0 aromatic heterocycles. The van der Waals surface area contributed by atoms with Gasteiger partial charge in [-0.15, -0.1) is 0 Å². The highest BCUT2D eigenvalue weighted by atomic mass is 79.9. The van der Waals surface area contributed by atoms with E-state index >= 15 is 0 Å². The fraction of sp³-hybridized carbons (Fsp3) is 0.150. The third-order valence-electron chi connectivity index (χ3n) is 4.08. The summed E-state index contributed by atoms with van der Waals surface area (Å²) in [6.07, 6.45) is -1.84. The Labute approximate surface area is 209 Å². The first-order valence-electron chi connectivity index (χ1n) is 9.33. The van der Waals surface area contributed by atoms with Crippen molar-refractivity contribution in [3.8, 4) is 6.07 Å². The molecule has 0 bridgehead atoms. The van der Waals surface area contributed by atoms with Crippen LogP contribution in [0.4, 0.5) is 10.5 Å². The van der Waals surface area contributed by atoms with E-state index in [-0.39, 0.29) is 6.61 Å². The maximum atomic E-state index is 11.9. The zero-order valence-corrected chi connectivity index (χ0v) is 20.9. The maximum absolute atomic E-state index is 11.9. The van der Waals surface area contributed by atoms with E-state index < -0.39 is 23.9 Å². The largest absolute Gasteiger partial charge is 0.450 e. The fourth-order valence-corrected chi connectivity index (χ4v) is 5.21. The van der Waals surface area contributed by atoms with E-state index in [1.807, 2.05) is 29.6 Å². The van der Waals surface area contributed by atoms with Crippen LogP contribution in [0.1, 0.15) is 24.3 Å². The van der Waals surface area contributed by atoms with Gasteiger partial charge in [-0.3, -0.25) is 21.0 Å². The summed E-state index contributed by atoms with van der Waals surface area (Å²) in [5.74, 6) is -0.989. The van der Waals surface area contributed by atoms with Crippen LogP contribution in [0.25, 0.3) is 0 Å². The molecule has 2 aromatic carbocycles. The number of nitrogens with zero attached hydrogens (tertiary/aromatic N) is 3. The van der Waals surface area contributed by atoms with Crippen molar-refractivity contribution in [3.05, 3.63) is 56.5 Å². The number of carbonyl (C=O) groups excluding carboxylic acids is 2. The second kappa shape index (κ2) is 11.3. The Bertz CT molecular complexity index is 1170. The van der Waals surface area contributed by atoms with Crippen molar-refractivity contribution in [1.29, 1.82) is 5.26 Å². The summed E-state index contributed by atoms with van der Waals surface area (Å²) in [4.78, 5) is 24.1. The number of fused-ring (bicyclic) bond motifs is 1. The molecule has 2 amide bonds. The average Bonchev–Trinajstić information content (AvgIpc) is 2.78. The van der Waals surface area contributed by atoms with Crippen molar-refractivity contribution in [1.82, 2.24) is 10.7 Å². The Morgan fingerprint density at radius 2 is 2.03 bits per heavy atom. The third-order valence-corrected chi connectivity index (χ3v) is 7.00. The standard InChI is InChI=1S/C20H16Br2N6O4S/c1-2-32-20(31)24-18(30)15(9-23)26-25-10-7-13(21)16(14(22)8-10)33-19-12-6-4-3-5-11(12)17(29)27-28-19/h3-8,17,25,27,29H,2H2,1H3,(H,24,30,31)/b26-15-. The number of hydrazone groups is 2. The van der Waals surface area contributed by atoms with E-state index in [9.17, 15) is 14.7 Å². The monoisotopic (exact) mass is 594 g/mol. The second-order valence-corrected chi connectivity index (χ2v) is 8.97. The normalized spacial score (nSPS) is 14.8. The van der Waals surface area contributed by atoms with Crippen molar-refractivity contribution < 1.29 is 19.4 Å². The second-order valence-electron chi connectivity index (χ2n) is 6.27. The molecule has 10 nitrogen and oxygen atoms in total. The molecule has 0 aliphatic carbocycles. The molecule has 33 heavy (non-hydrogen) atoms. The van der Waals surface area contributed by atoms with Gasteiger partial charge < -0.3 is 9.84 Å². The topological polar surface area (TPSA) is 148 Å². The number of aliphatic hydroxyl groups is 1. The molecule has 1 aliphatic heterocycles.